The third-order valence-corrected chi connectivity index (χ3v) is 6.16. The predicted octanol–water partition coefficient (Wildman–Crippen LogP) is 5.20. The van der Waals surface area contributed by atoms with E-state index in [0.717, 1.165) is 19.3 Å². The van der Waals surface area contributed by atoms with Crippen LogP contribution in [0.4, 0.5) is 0 Å². The summed E-state index contributed by atoms with van der Waals surface area (Å²) in [5.41, 5.74) is 1.11. The van der Waals surface area contributed by atoms with Crippen LogP contribution in [0.1, 0.15) is 57.5 Å². The second-order valence-corrected chi connectivity index (χ2v) is 8.50. The minimum absolute atomic E-state index is 0.00411. The van der Waals surface area contributed by atoms with Gasteiger partial charge in [0.05, 0.1) is 11.8 Å². The largest absolute Gasteiger partial charge is 0.466 e. The van der Waals surface area contributed by atoms with Crippen LogP contribution in [0.3, 0.4) is 0 Å². The van der Waals surface area contributed by atoms with Crippen molar-refractivity contribution in [3.8, 4) is 0 Å². The van der Waals surface area contributed by atoms with Crippen LogP contribution in [0.15, 0.2) is 65.3 Å². The summed E-state index contributed by atoms with van der Waals surface area (Å²) in [5.74, 6) is 0.421. The van der Waals surface area contributed by atoms with Gasteiger partial charge in [0, 0.05) is 5.92 Å². The van der Waals surface area contributed by atoms with Gasteiger partial charge in [-0.1, -0.05) is 64.1 Å². The molecule has 0 amide bonds. The highest BCUT2D eigenvalue weighted by atomic mass is 16.5. The molecule has 28 heavy (non-hydrogen) atoms. The summed E-state index contributed by atoms with van der Waals surface area (Å²) >= 11 is 0. The fraction of sp³-hybridized carbons (Fsp3) is 0.458. The average Bonchev–Trinajstić information content (AvgIpc) is 3.22. The minimum Gasteiger partial charge on any atom is -0.466 e. The first kappa shape index (κ1) is 20.4. The molecule has 150 valence electrons. The molecular weight excluding hydrogens is 352 g/mol. The van der Waals surface area contributed by atoms with Gasteiger partial charge in [-0.2, -0.15) is 0 Å². The van der Waals surface area contributed by atoms with E-state index in [4.69, 9.17) is 9.15 Å². The van der Waals surface area contributed by atoms with Gasteiger partial charge >= 0.3 is 5.97 Å². The fourth-order valence-corrected chi connectivity index (χ4v) is 4.31. The molecule has 1 unspecified atom stereocenters. The van der Waals surface area contributed by atoms with Gasteiger partial charge in [0.25, 0.3) is 0 Å². The Hall–Kier alpha value is -2.33. The maximum absolute atomic E-state index is 12.7. The smallest absolute Gasteiger partial charge is 0.336 e. The number of benzene rings is 1. The van der Waals surface area contributed by atoms with Crippen LogP contribution in [0.25, 0.3) is 0 Å². The van der Waals surface area contributed by atoms with Gasteiger partial charge in [-0.25, -0.2) is 4.79 Å². The molecule has 1 aliphatic carbocycles. The van der Waals surface area contributed by atoms with E-state index in [1.807, 2.05) is 18.2 Å². The number of rotatable bonds is 6. The van der Waals surface area contributed by atoms with Crippen molar-refractivity contribution in [2.45, 2.75) is 57.7 Å². The molecule has 1 heterocycles. The zero-order valence-electron chi connectivity index (χ0n) is 16.9. The van der Waals surface area contributed by atoms with Crippen molar-refractivity contribution < 1.29 is 19.1 Å². The van der Waals surface area contributed by atoms with E-state index in [1.54, 1.807) is 12.1 Å². The molecule has 1 saturated carbocycles. The molecular formula is C24H30O4. The van der Waals surface area contributed by atoms with Crippen molar-refractivity contribution in [2.75, 3.05) is 0 Å². The number of ether oxygens (including phenoxy) is 1. The molecule has 1 N–H and O–H groups in total. The zero-order chi connectivity index (χ0) is 20.3. The van der Waals surface area contributed by atoms with Crippen LogP contribution >= 0.6 is 0 Å². The third kappa shape index (κ3) is 4.22. The van der Waals surface area contributed by atoms with Crippen molar-refractivity contribution in [3.05, 3.63) is 72.2 Å². The highest BCUT2D eigenvalue weighted by molar-refractivity contribution is 5.89. The second-order valence-electron chi connectivity index (χ2n) is 8.50. The Morgan fingerprint density at radius 1 is 1.21 bits per heavy atom. The molecule has 4 nitrogen and oxygen atoms in total. The summed E-state index contributed by atoms with van der Waals surface area (Å²) in [5, 5.41) is 10.3. The third-order valence-electron chi connectivity index (χ3n) is 6.16. The van der Waals surface area contributed by atoms with Gasteiger partial charge in [-0.15, -0.1) is 0 Å². The van der Waals surface area contributed by atoms with Crippen LogP contribution in [0.5, 0.6) is 0 Å². The first-order chi connectivity index (χ1) is 13.3. The molecule has 0 radical (unpaired) electrons. The summed E-state index contributed by atoms with van der Waals surface area (Å²) < 4.78 is 11.1. The normalized spacial score (nSPS) is 23.8. The number of esters is 1. The monoisotopic (exact) mass is 382 g/mol. The molecule has 1 aliphatic rings. The Labute approximate surface area is 167 Å². The van der Waals surface area contributed by atoms with E-state index in [1.165, 1.54) is 11.8 Å². The van der Waals surface area contributed by atoms with Crippen molar-refractivity contribution in [3.63, 3.8) is 0 Å². The minimum atomic E-state index is -1.19. The predicted molar refractivity (Wildman–Crippen MR) is 109 cm³/mol. The molecule has 1 aromatic carbocycles. The van der Waals surface area contributed by atoms with Crippen LogP contribution in [-0.2, 0) is 14.9 Å². The Balaban J connectivity index is 1.77. The molecule has 0 saturated heterocycles. The molecule has 0 spiro atoms. The molecule has 3 rings (SSSR count). The Morgan fingerprint density at radius 3 is 2.57 bits per heavy atom. The SMILES string of the molecule is C=C(C(=O)O[C@@H]1C[C@H](C)CC[C@H]1C(C)(C)c1ccccc1)C(O)c1ccco1. The maximum atomic E-state index is 12.7. The highest BCUT2D eigenvalue weighted by Crippen LogP contribution is 2.44. The summed E-state index contributed by atoms with van der Waals surface area (Å²) in [6.07, 6.45) is 2.98. The van der Waals surface area contributed by atoms with Gasteiger partial charge in [0.15, 0.2) is 0 Å². The molecule has 1 fully saturated rings. The van der Waals surface area contributed by atoms with Crippen LogP contribution in [0, 0.1) is 11.8 Å². The molecule has 0 aliphatic heterocycles. The van der Waals surface area contributed by atoms with E-state index in [-0.39, 0.29) is 23.0 Å². The van der Waals surface area contributed by atoms with E-state index in [0.29, 0.717) is 11.7 Å². The standard InChI is InChI=1S/C24H30O4/c1-16-12-13-19(24(3,4)18-9-6-5-7-10-18)21(15-16)28-23(26)17(2)22(25)20-11-8-14-27-20/h5-11,14,16,19,21-22,25H,2,12-13,15H2,1,3-4H3/t16-,19-,21-,22?/m1/s1. The lowest BCUT2D eigenvalue weighted by atomic mass is 9.64. The van der Waals surface area contributed by atoms with Crippen molar-refractivity contribution in [2.24, 2.45) is 11.8 Å². The Kier molecular flexibility index (Phi) is 6.09. The second kappa shape index (κ2) is 8.36. The topological polar surface area (TPSA) is 59.7 Å². The van der Waals surface area contributed by atoms with E-state index in [9.17, 15) is 9.90 Å². The summed E-state index contributed by atoms with van der Waals surface area (Å²) in [6, 6.07) is 13.7. The number of aliphatic hydroxyl groups is 1. The quantitative estimate of drug-likeness (QED) is 0.551. The first-order valence-corrected chi connectivity index (χ1v) is 9.97. The van der Waals surface area contributed by atoms with Crippen LogP contribution in [0.2, 0.25) is 0 Å². The number of furan rings is 1. The average molecular weight is 383 g/mol. The lowest BCUT2D eigenvalue weighted by molar-refractivity contribution is -0.153. The van der Waals surface area contributed by atoms with Crippen molar-refractivity contribution in [1.29, 1.82) is 0 Å². The lowest BCUT2D eigenvalue weighted by Gasteiger charge is -2.44. The number of aliphatic hydroxyl groups excluding tert-OH is 1. The summed E-state index contributed by atoms with van der Waals surface area (Å²) in [7, 11) is 0. The maximum Gasteiger partial charge on any atom is 0.336 e. The van der Waals surface area contributed by atoms with Gasteiger partial charge < -0.3 is 14.3 Å². The fourth-order valence-electron chi connectivity index (χ4n) is 4.31. The van der Waals surface area contributed by atoms with Crippen LogP contribution < -0.4 is 0 Å². The molecule has 1 aromatic heterocycles. The van der Waals surface area contributed by atoms with Gasteiger partial charge in [-0.05, 0) is 41.9 Å². The molecule has 0 bridgehead atoms. The van der Waals surface area contributed by atoms with E-state index < -0.39 is 12.1 Å². The number of carbonyl (C=O) groups excluding carboxylic acids is 1. The number of hydrogen-bond donors (Lipinski definition) is 1. The zero-order valence-corrected chi connectivity index (χ0v) is 16.9. The summed E-state index contributed by atoms with van der Waals surface area (Å²) in [6.45, 7) is 10.4. The van der Waals surface area contributed by atoms with Crippen molar-refractivity contribution in [1.82, 2.24) is 0 Å². The molecule has 2 aromatic rings. The molecule has 4 heteroatoms. The van der Waals surface area contributed by atoms with Crippen LogP contribution in [-0.4, -0.2) is 17.2 Å². The Bertz CT molecular complexity index is 791. The van der Waals surface area contributed by atoms with E-state index in [2.05, 4.69) is 39.5 Å². The first-order valence-electron chi connectivity index (χ1n) is 9.97. The number of hydrogen-bond acceptors (Lipinski definition) is 4. The lowest BCUT2D eigenvalue weighted by Crippen LogP contribution is -2.43. The number of carbonyl (C=O) groups is 1. The van der Waals surface area contributed by atoms with Crippen molar-refractivity contribution >= 4 is 5.97 Å². The highest BCUT2D eigenvalue weighted by Gasteiger charge is 2.42. The van der Waals surface area contributed by atoms with Gasteiger partial charge in [0.1, 0.15) is 18.0 Å². The Morgan fingerprint density at radius 2 is 1.93 bits per heavy atom. The summed E-state index contributed by atoms with van der Waals surface area (Å²) in [4.78, 5) is 12.7. The van der Waals surface area contributed by atoms with E-state index >= 15 is 0 Å². The van der Waals surface area contributed by atoms with Gasteiger partial charge in [-0.3, -0.25) is 0 Å². The molecule has 4 atom stereocenters. The van der Waals surface area contributed by atoms with Gasteiger partial charge in [0.2, 0.25) is 0 Å².